The molecule has 0 unspecified atom stereocenters. The highest BCUT2D eigenvalue weighted by molar-refractivity contribution is 7.98. The summed E-state index contributed by atoms with van der Waals surface area (Å²) in [5.41, 5.74) is 6.91. The smallest absolute Gasteiger partial charge is 0.108 e. The lowest BCUT2D eigenvalue weighted by Gasteiger charge is -2.08. The molecule has 3 aromatic carbocycles. The summed E-state index contributed by atoms with van der Waals surface area (Å²) in [5.74, 6) is 0. The zero-order valence-electron chi connectivity index (χ0n) is 15.8. The molecule has 0 fully saturated rings. The van der Waals surface area contributed by atoms with Crippen LogP contribution in [-0.4, -0.2) is 16.0 Å². The number of hydrogen-bond donors (Lipinski definition) is 0. The van der Waals surface area contributed by atoms with Crippen LogP contribution < -0.4 is 0 Å². The van der Waals surface area contributed by atoms with Crippen molar-refractivity contribution in [3.63, 3.8) is 0 Å². The molecule has 0 aliphatic rings. The molecule has 3 nitrogen and oxygen atoms in total. The summed E-state index contributed by atoms with van der Waals surface area (Å²) >= 11 is 1.66. The van der Waals surface area contributed by atoms with Crippen molar-refractivity contribution in [3.8, 4) is 34.1 Å². The third-order valence-electron chi connectivity index (χ3n) is 4.64. The van der Waals surface area contributed by atoms with E-state index in [1.165, 1.54) is 5.56 Å². The summed E-state index contributed by atoms with van der Waals surface area (Å²) in [6.45, 7) is 2.08. The van der Waals surface area contributed by atoms with Crippen LogP contribution in [0.1, 0.15) is 11.1 Å². The molecular weight excluding hydrogens is 362 g/mol. The molecule has 136 valence electrons. The molecule has 4 rings (SSSR count). The summed E-state index contributed by atoms with van der Waals surface area (Å²) in [4.78, 5) is 0. The van der Waals surface area contributed by atoms with Crippen molar-refractivity contribution in [3.05, 3.63) is 90.0 Å². The normalized spacial score (nSPS) is 10.6. The highest BCUT2D eigenvalue weighted by Crippen LogP contribution is 2.40. The standard InChI is InChI=1S/C24H19N3S/c1-17-11-13-19(14-12-17)23-22(20-8-6-7-18(15-20)16-25)24(28-2)27(26-23)21-9-4-3-5-10-21/h3-15H,1-2H3. The molecule has 0 aliphatic carbocycles. The van der Waals surface area contributed by atoms with E-state index in [1.807, 2.05) is 47.1 Å². The second-order valence-corrected chi connectivity index (χ2v) is 7.33. The van der Waals surface area contributed by atoms with Crippen LogP contribution in [0.25, 0.3) is 28.1 Å². The molecule has 0 N–H and O–H groups in total. The zero-order valence-corrected chi connectivity index (χ0v) is 16.6. The van der Waals surface area contributed by atoms with Gasteiger partial charge in [-0.1, -0.05) is 60.2 Å². The fourth-order valence-electron chi connectivity index (χ4n) is 3.25. The molecule has 4 heteroatoms. The van der Waals surface area contributed by atoms with Gasteiger partial charge in [0, 0.05) is 11.1 Å². The Morgan fingerprint density at radius 2 is 1.64 bits per heavy atom. The number of nitrogens with zero attached hydrogens (tertiary/aromatic N) is 3. The van der Waals surface area contributed by atoms with Gasteiger partial charge < -0.3 is 0 Å². The molecule has 0 saturated heterocycles. The molecule has 0 atom stereocenters. The van der Waals surface area contributed by atoms with Gasteiger partial charge in [-0.25, -0.2) is 4.68 Å². The Bertz CT molecular complexity index is 1150. The third-order valence-corrected chi connectivity index (χ3v) is 5.41. The molecule has 0 amide bonds. The second kappa shape index (κ2) is 7.75. The van der Waals surface area contributed by atoms with Crippen LogP contribution in [0.2, 0.25) is 0 Å². The van der Waals surface area contributed by atoms with Crippen LogP contribution in [0, 0.1) is 18.3 Å². The second-order valence-electron chi connectivity index (χ2n) is 6.54. The Morgan fingerprint density at radius 1 is 0.893 bits per heavy atom. The van der Waals surface area contributed by atoms with Gasteiger partial charge >= 0.3 is 0 Å². The van der Waals surface area contributed by atoms with E-state index in [0.717, 1.165) is 33.1 Å². The lowest BCUT2D eigenvalue weighted by Crippen LogP contribution is -1.97. The van der Waals surface area contributed by atoms with Crippen molar-refractivity contribution in [1.82, 2.24) is 9.78 Å². The predicted octanol–water partition coefficient (Wildman–Crippen LogP) is 6.11. The Kier molecular flexibility index (Phi) is 5.01. The van der Waals surface area contributed by atoms with E-state index >= 15 is 0 Å². The Morgan fingerprint density at radius 3 is 2.32 bits per heavy atom. The average Bonchev–Trinajstić information content (AvgIpc) is 3.14. The third kappa shape index (κ3) is 3.33. The molecule has 0 radical (unpaired) electrons. The maximum Gasteiger partial charge on any atom is 0.108 e. The first-order valence-corrected chi connectivity index (χ1v) is 10.2. The average molecular weight is 382 g/mol. The summed E-state index contributed by atoms with van der Waals surface area (Å²) in [7, 11) is 0. The monoisotopic (exact) mass is 381 g/mol. The van der Waals surface area contributed by atoms with E-state index in [2.05, 4.69) is 55.6 Å². The van der Waals surface area contributed by atoms with Gasteiger partial charge in [-0.15, -0.1) is 11.8 Å². The number of benzene rings is 3. The summed E-state index contributed by atoms with van der Waals surface area (Å²) in [5, 5.41) is 15.4. The highest BCUT2D eigenvalue weighted by atomic mass is 32.2. The van der Waals surface area contributed by atoms with Crippen LogP contribution in [-0.2, 0) is 0 Å². The molecule has 28 heavy (non-hydrogen) atoms. The van der Waals surface area contributed by atoms with Gasteiger partial charge in [0.1, 0.15) is 10.7 Å². The largest absolute Gasteiger partial charge is 0.226 e. The molecule has 1 heterocycles. The van der Waals surface area contributed by atoms with Gasteiger partial charge in [-0.05, 0) is 43.0 Å². The summed E-state index contributed by atoms with van der Waals surface area (Å²) < 4.78 is 1.99. The van der Waals surface area contributed by atoms with E-state index < -0.39 is 0 Å². The molecule has 0 saturated carbocycles. The van der Waals surface area contributed by atoms with Crippen LogP contribution in [0.5, 0.6) is 0 Å². The Hall–Kier alpha value is -3.29. The van der Waals surface area contributed by atoms with Crippen molar-refractivity contribution >= 4 is 11.8 Å². The van der Waals surface area contributed by atoms with Crippen molar-refractivity contribution in [2.75, 3.05) is 6.26 Å². The number of aryl methyl sites for hydroxylation is 1. The quantitative estimate of drug-likeness (QED) is 0.401. The maximum atomic E-state index is 9.36. The fraction of sp³-hybridized carbons (Fsp3) is 0.0833. The minimum absolute atomic E-state index is 0.645. The van der Waals surface area contributed by atoms with Crippen LogP contribution in [0.15, 0.2) is 83.9 Å². The maximum absolute atomic E-state index is 9.36. The molecule has 0 bridgehead atoms. The number of rotatable bonds is 4. The minimum atomic E-state index is 0.645. The van der Waals surface area contributed by atoms with E-state index in [4.69, 9.17) is 5.10 Å². The molecule has 4 aromatic rings. The lowest BCUT2D eigenvalue weighted by molar-refractivity contribution is 0.808. The Labute approximate surface area is 169 Å². The minimum Gasteiger partial charge on any atom is -0.226 e. The van der Waals surface area contributed by atoms with Crippen LogP contribution in [0.4, 0.5) is 0 Å². The predicted molar refractivity (Wildman–Crippen MR) is 116 cm³/mol. The van der Waals surface area contributed by atoms with E-state index in [0.29, 0.717) is 5.56 Å². The van der Waals surface area contributed by atoms with Gasteiger partial charge in [-0.2, -0.15) is 10.4 Å². The van der Waals surface area contributed by atoms with Gasteiger partial charge in [0.05, 0.1) is 17.3 Å². The van der Waals surface area contributed by atoms with Crippen molar-refractivity contribution in [1.29, 1.82) is 5.26 Å². The molecule has 1 aromatic heterocycles. The first kappa shape index (κ1) is 18.1. The SMILES string of the molecule is CSc1c(-c2cccc(C#N)c2)c(-c2ccc(C)cc2)nn1-c1ccccc1. The van der Waals surface area contributed by atoms with Gasteiger partial charge in [-0.3, -0.25) is 0 Å². The molecule has 0 spiro atoms. The fourth-order valence-corrected chi connectivity index (χ4v) is 3.99. The molecule has 0 aliphatic heterocycles. The first-order chi connectivity index (χ1) is 13.7. The van der Waals surface area contributed by atoms with Gasteiger partial charge in [0.25, 0.3) is 0 Å². The van der Waals surface area contributed by atoms with E-state index in [1.54, 1.807) is 11.8 Å². The first-order valence-electron chi connectivity index (χ1n) is 9.01. The van der Waals surface area contributed by atoms with Crippen LogP contribution in [0.3, 0.4) is 0 Å². The molecular formula is C24H19N3S. The topological polar surface area (TPSA) is 41.6 Å². The number of aromatic nitrogens is 2. The van der Waals surface area contributed by atoms with Crippen molar-refractivity contribution < 1.29 is 0 Å². The summed E-state index contributed by atoms with van der Waals surface area (Å²) in [6.07, 6.45) is 2.06. The Balaban J connectivity index is 2.02. The zero-order chi connectivity index (χ0) is 19.5. The van der Waals surface area contributed by atoms with E-state index in [-0.39, 0.29) is 0 Å². The summed E-state index contributed by atoms with van der Waals surface area (Å²) in [6, 6.07) is 28.5. The number of hydrogen-bond acceptors (Lipinski definition) is 3. The van der Waals surface area contributed by atoms with Gasteiger partial charge in [0.2, 0.25) is 0 Å². The number of para-hydroxylation sites is 1. The van der Waals surface area contributed by atoms with Gasteiger partial charge in [0.15, 0.2) is 0 Å². The number of nitriles is 1. The van der Waals surface area contributed by atoms with Crippen molar-refractivity contribution in [2.24, 2.45) is 0 Å². The number of thioether (sulfide) groups is 1. The van der Waals surface area contributed by atoms with E-state index in [9.17, 15) is 5.26 Å². The highest BCUT2D eigenvalue weighted by Gasteiger charge is 2.21. The lowest BCUT2D eigenvalue weighted by atomic mass is 9.99. The van der Waals surface area contributed by atoms with Crippen LogP contribution >= 0.6 is 11.8 Å². The van der Waals surface area contributed by atoms with Crippen molar-refractivity contribution in [2.45, 2.75) is 11.9 Å².